The number of fused-ring (bicyclic) bond motifs is 1. The van der Waals surface area contributed by atoms with Crippen LogP contribution in [0.2, 0.25) is 0 Å². The zero-order valence-corrected chi connectivity index (χ0v) is 12.2. The number of anilines is 2. The third-order valence-electron chi connectivity index (χ3n) is 2.97. The summed E-state index contributed by atoms with van der Waals surface area (Å²) in [5.74, 6) is 0.942. The van der Waals surface area contributed by atoms with E-state index in [0.29, 0.717) is 23.4 Å². The van der Waals surface area contributed by atoms with Gasteiger partial charge in [0.15, 0.2) is 24.1 Å². The van der Waals surface area contributed by atoms with Gasteiger partial charge in [-0.2, -0.15) is 4.98 Å². The predicted molar refractivity (Wildman–Crippen MR) is 79.9 cm³/mol. The lowest BCUT2D eigenvalue weighted by molar-refractivity contribution is -0.0202. The fourth-order valence-electron chi connectivity index (χ4n) is 1.92. The van der Waals surface area contributed by atoms with Crippen LogP contribution in [0.5, 0.6) is 0 Å². The van der Waals surface area contributed by atoms with Gasteiger partial charge in [-0.1, -0.05) is 42.1 Å². The zero-order valence-electron chi connectivity index (χ0n) is 11.4. The molecule has 0 spiro atoms. The fourth-order valence-corrected chi connectivity index (χ4v) is 2.22. The van der Waals surface area contributed by atoms with Crippen molar-refractivity contribution in [2.75, 3.05) is 16.9 Å². The Morgan fingerprint density at radius 2 is 2.00 bits per heavy atom. The molecule has 110 valence electrons. The largest absolute Gasteiger partial charge is 0.369 e. The van der Waals surface area contributed by atoms with E-state index in [1.54, 1.807) is 0 Å². The lowest BCUT2D eigenvalue weighted by Gasteiger charge is -2.30. The number of benzene rings is 1. The first-order valence-electron chi connectivity index (χ1n) is 6.41. The first kappa shape index (κ1) is 14.1. The number of aromatic nitrogens is 3. The number of aliphatic hydroxyl groups is 1. The normalized spacial score (nSPS) is 20.3. The quantitative estimate of drug-likeness (QED) is 0.728. The molecule has 1 aliphatic rings. The molecule has 21 heavy (non-hydrogen) atoms. The maximum absolute atomic E-state index is 10.1. The van der Waals surface area contributed by atoms with Crippen molar-refractivity contribution in [2.45, 2.75) is 24.2 Å². The molecule has 0 aliphatic carbocycles. The summed E-state index contributed by atoms with van der Waals surface area (Å²) in [6.07, 6.45) is 0.337. The van der Waals surface area contributed by atoms with Crippen LogP contribution in [0.4, 0.5) is 11.6 Å². The van der Waals surface area contributed by atoms with Crippen LogP contribution in [-0.2, 0) is 11.3 Å². The number of thioether (sulfide) groups is 1. The first-order valence-corrected chi connectivity index (χ1v) is 7.64. The van der Waals surface area contributed by atoms with Gasteiger partial charge in [0, 0.05) is 0 Å². The second kappa shape index (κ2) is 6.25. The standard InChI is InChI=1S/C13H15N5O2S/c1-21-13-16-9-10(17-18-13)15-12(11(19)14-9)20-7-8-5-3-2-4-6-8/h2-6,11-12,19H,7H2,1H3,(H,15,17)(H,14,16,18)/t11-,12-/m0/s1. The molecule has 0 unspecified atom stereocenters. The third-order valence-corrected chi connectivity index (χ3v) is 3.51. The Bertz CT molecular complexity index is 613. The highest BCUT2D eigenvalue weighted by Crippen LogP contribution is 2.25. The van der Waals surface area contributed by atoms with E-state index in [9.17, 15) is 5.11 Å². The van der Waals surface area contributed by atoms with Crippen molar-refractivity contribution in [1.29, 1.82) is 0 Å². The number of hydrogen-bond acceptors (Lipinski definition) is 8. The third kappa shape index (κ3) is 3.23. The van der Waals surface area contributed by atoms with Gasteiger partial charge in [0.05, 0.1) is 6.61 Å². The summed E-state index contributed by atoms with van der Waals surface area (Å²) in [6.45, 7) is 0.385. The van der Waals surface area contributed by atoms with Crippen LogP contribution >= 0.6 is 11.8 Å². The number of rotatable bonds is 4. The van der Waals surface area contributed by atoms with Gasteiger partial charge in [0.25, 0.3) is 0 Å². The molecular formula is C13H15N5O2S. The molecule has 0 bridgehead atoms. The van der Waals surface area contributed by atoms with E-state index in [1.807, 2.05) is 36.6 Å². The smallest absolute Gasteiger partial charge is 0.210 e. The summed E-state index contributed by atoms with van der Waals surface area (Å²) in [4.78, 5) is 4.24. The maximum Gasteiger partial charge on any atom is 0.210 e. The van der Waals surface area contributed by atoms with Gasteiger partial charge >= 0.3 is 0 Å². The summed E-state index contributed by atoms with van der Waals surface area (Å²) in [7, 11) is 0. The summed E-state index contributed by atoms with van der Waals surface area (Å²) in [5.41, 5.74) is 1.03. The molecule has 1 aromatic carbocycles. The molecule has 0 amide bonds. The van der Waals surface area contributed by atoms with E-state index in [1.165, 1.54) is 11.8 Å². The Hall–Kier alpha value is -1.90. The Labute approximate surface area is 126 Å². The molecule has 1 aromatic heterocycles. The van der Waals surface area contributed by atoms with E-state index >= 15 is 0 Å². The number of nitrogens with zero attached hydrogens (tertiary/aromatic N) is 3. The summed E-state index contributed by atoms with van der Waals surface area (Å²) in [6, 6.07) is 9.75. The summed E-state index contributed by atoms with van der Waals surface area (Å²) < 4.78 is 5.67. The Morgan fingerprint density at radius 1 is 1.19 bits per heavy atom. The lowest BCUT2D eigenvalue weighted by atomic mass is 10.2. The molecule has 0 radical (unpaired) electrons. The van der Waals surface area contributed by atoms with Crippen molar-refractivity contribution in [2.24, 2.45) is 0 Å². The minimum Gasteiger partial charge on any atom is -0.369 e. The first-order chi connectivity index (χ1) is 10.3. The van der Waals surface area contributed by atoms with Gasteiger partial charge in [-0.3, -0.25) is 0 Å². The van der Waals surface area contributed by atoms with Crippen LogP contribution in [0.15, 0.2) is 35.5 Å². The second-order valence-electron chi connectivity index (χ2n) is 4.45. The topological polar surface area (TPSA) is 92.2 Å². The van der Waals surface area contributed by atoms with E-state index in [2.05, 4.69) is 25.8 Å². The van der Waals surface area contributed by atoms with Crippen LogP contribution in [0.3, 0.4) is 0 Å². The SMILES string of the molecule is CSc1nnc2c(n1)N[C@@H](O)[C@H](OCc1ccccc1)N2. The highest BCUT2D eigenvalue weighted by atomic mass is 32.2. The molecule has 3 rings (SSSR count). The Balaban J connectivity index is 1.68. The fraction of sp³-hybridized carbons (Fsp3) is 0.308. The van der Waals surface area contributed by atoms with Crippen molar-refractivity contribution in [3.63, 3.8) is 0 Å². The van der Waals surface area contributed by atoms with Crippen molar-refractivity contribution in [3.05, 3.63) is 35.9 Å². The summed E-state index contributed by atoms with van der Waals surface area (Å²) >= 11 is 1.39. The average Bonchev–Trinajstić information content (AvgIpc) is 2.53. The molecular weight excluding hydrogens is 290 g/mol. The maximum atomic E-state index is 10.1. The van der Waals surface area contributed by atoms with Gasteiger partial charge in [0.2, 0.25) is 5.16 Å². The lowest BCUT2D eigenvalue weighted by Crippen LogP contribution is -2.45. The molecule has 7 nitrogen and oxygen atoms in total. The van der Waals surface area contributed by atoms with Crippen LogP contribution in [0.25, 0.3) is 0 Å². The molecule has 0 saturated heterocycles. The van der Waals surface area contributed by atoms with Crippen LogP contribution in [-0.4, -0.2) is 39.0 Å². The van der Waals surface area contributed by atoms with Gasteiger partial charge in [0.1, 0.15) is 0 Å². The van der Waals surface area contributed by atoms with E-state index in [4.69, 9.17) is 4.74 Å². The molecule has 0 fully saturated rings. The average molecular weight is 305 g/mol. The molecule has 3 N–H and O–H groups in total. The molecule has 8 heteroatoms. The minimum absolute atomic E-state index is 0.385. The number of hydrogen-bond donors (Lipinski definition) is 3. The predicted octanol–water partition coefficient (Wildman–Crippen LogP) is 1.29. The Kier molecular flexibility index (Phi) is 4.18. The van der Waals surface area contributed by atoms with Crippen LogP contribution in [0, 0.1) is 0 Å². The number of aliphatic hydroxyl groups excluding tert-OH is 1. The molecule has 2 atom stereocenters. The molecule has 0 saturated carbocycles. The second-order valence-corrected chi connectivity index (χ2v) is 5.22. The molecule has 1 aliphatic heterocycles. The Morgan fingerprint density at radius 3 is 2.76 bits per heavy atom. The van der Waals surface area contributed by atoms with Crippen LogP contribution < -0.4 is 10.6 Å². The van der Waals surface area contributed by atoms with E-state index in [0.717, 1.165) is 5.56 Å². The van der Waals surface area contributed by atoms with Crippen molar-refractivity contribution in [3.8, 4) is 0 Å². The van der Waals surface area contributed by atoms with Crippen molar-refractivity contribution in [1.82, 2.24) is 15.2 Å². The highest BCUT2D eigenvalue weighted by molar-refractivity contribution is 7.98. The van der Waals surface area contributed by atoms with Crippen molar-refractivity contribution >= 4 is 23.4 Å². The summed E-state index contributed by atoms with van der Waals surface area (Å²) in [5, 5.41) is 24.4. The van der Waals surface area contributed by atoms with Gasteiger partial charge in [-0.05, 0) is 11.8 Å². The van der Waals surface area contributed by atoms with E-state index < -0.39 is 12.5 Å². The monoisotopic (exact) mass is 305 g/mol. The van der Waals surface area contributed by atoms with Crippen molar-refractivity contribution < 1.29 is 9.84 Å². The number of nitrogens with one attached hydrogen (secondary N) is 2. The van der Waals surface area contributed by atoms with Gasteiger partial charge in [-0.15, -0.1) is 10.2 Å². The zero-order chi connectivity index (χ0) is 14.7. The molecule has 2 aromatic rings. The minimum atomic E-state index is -0.910. The van der Waals surface area contributed by atoms with Crippen LogP contribution in [0.1, 0.15) is 5.56 Å². The number of ether oxygens (including phenoxy) is 1. The van der Waals surface area contributed by atoms with Gasteiger partial charge < -0.3 is 20.5 Å². The molecule has 2 heterocycles. The highest BCUT2D eigenvalue weighted by Gasteiger charge is 2.28. The van der Waals surface area contributed by atoms with Gasteiger partial charge in [-0.25, -0.2) is 0 Å². The van der Waals surface area contributed by atoms with E-state index in [-0.39, 0.29) is 0 Å².